The van der Waals surface area contributed by atoms with Gasteiger partial charge in [-0.15, -0.1) is 11.3 Å². The van der Waals surface area contributed by atoms with Crippen LogP contribution in [0.3, 0.4) is 0 Å². The van der Waals surface area contributed by atoms with E-state index >= 15 is 0 Å². The summed E-state index contributed by atoms with van der Waals surface area (Å²) >= 11 is 12.9. The summed E-state index contributed by atoms with van der Waals surface area (Å²) in [7, 11) is 1.27. The number of rotatable bonds is 3. The van der Waals surface area contributed by atoms with Gasteiger partial charge in [0.05, 0.1) is 28.5 Å². The van der Waals surface area contributed by atoms with Crippen molar-refractivity contribution >= 4 is 57.8 Å². The molecule has 0 atom stereocenters. The summed E-state index contributed by atoms with van der Waals surface area (Å²) in [5.41, 5.74) is 6.47. The van der Waals surface area contributed by atoms with Crippen molar-refractivity contribution in [2.75, 3.05) is 18.2 Å². The molecule has 21 heavy (non-hydrogen) atoms. The molecule has 0 unspecified atom stereocenters. The lowest BCUT2D eigenvalue weighted by Crippen LogP contribution is -2.14. The van der Waals surface area contributed by atoms with E-state index in [0.717, 1.165) is 0 Å². The fourth-order valence-electron chi connectivity index (χ4n) is 1.59. The Bertz CT molecular complexity index is 692. The first-order valence-electron chi connectivity index (χ1n) is 5.65. The highest BCUT2D eigenvalue weighted by Gasteiger charge is 2.17. The molecule has 0 fully saturated rings. The quantitative estimate of drug-likeness (QED) is 0.657. The molecule has 1 aromatic carbocycles. The smallest absolute Gasteiger partial charge is 0.350 e. The standard InChI is InChI=1S/C13H10Cl2N2O3S/c1-20-13(19)11-9(2-3-21-11)17-12(18)6-4-7(14)10(15)8(16)5-6/h2-5H,16H2,1H3,(H,17,18). The number of benzene rings is 1. The van der Waals surface area contributed by atoms with E-state index in [4.69, 9.17) is 28.9 Å². The minimum Gasteiger partial charge on any atom is -0.465 e. The van der Waals surface area contributed by atoms with Crippen molar-refractivity contribution in [3.05, 3.63) is 44.1 Å². The second-order valence-electron chi connectivity index (χ2n) is 3.97. The predicted octanol–water partition coefficient (Wildman–Crippen LogP) is 3.68. The van der Waals surface area contributed by atoms with E-state index in [2.05, 4.69) is 10.1 Å². The highest BCUT2D eigenvalue weighted by molar-refractivity contribution is 7.12. The summed E-state index contributed by atoms with van der Waals surface area (Å²) in [5, 5.41) is 4.66. The molecular formula is C13H10Cl2N2O3S. The Kier molecular flexibility index (Phi) is 4.72. The molecule has 0 aliphatic rings. The number of halogens is 2. The zero-order valence-electron chi connectivity index (χ0n) is 10.8. The second kappa shape index (κ2) is 6.34. The van der Waals surface area contributed by atoms with Crippen LogP contribution in [0.2, 0.25) is 10.0 Å². The zero-order valence-corrected chi connectivity index (χ0v) is 13.1. The Hall–Kier alpha value is -1.76. The maximum Gasteiger partial charge on any atom is 0.350 e. The Morgan fingerprint density at radius 3 is 2.67 bits per heavy atom. The van der Waals surface area contributed by atoms with Crippen LogP contribution >= 0.6 is 34.5 Å². The van der Waals surface area contributed by atoms with Crippen LogP contribution in [0.15, 0.2) is 23.6 Å². The van der Waals surface area contributed by atoms with Crippen LogP contribution in [0, 0.1) is 0 Å². The van der Waals surface area contributed by atoms with Crippen LogP contribution in [0.25, 0.3) is 0 Å². The van der Waals surface area contributed by atoms with E-state index in [1.165, 1.54) is 30.6 Å². The molecule has 1 aromatic heterocycles. The molecule has 0 aliphatic carbocycles. The Balaban J connectivity index is 2.27. The molecule has 0 saturated carbocycles. The van der Waals surface area contributed by atoms with E-state index < -0.39 is 11.9 Å². The van der Waals surface area contributed by atoms with Crippen molar-refractivity contribution in [3.8, 4) is 0 Å². The van der Waals surface area contributed by atoms with Gasteiger partial charge in [-0.25, -0.2) is 4.79 Å². The molecule has 1 heterocycles. The highest BCUT2D eigenvalue weighted by Crippen LogP contribution is 2.30. The van der Waals surface area contributed by atoms with Gasteiger partial charge in [-0.2, -0.15) is 0 Å². The Labute approximate surface area is 134 Å². The van der Waals surface area contributed by atoms with E-state index in [0.29, 0.717) is 10.6 Å². The Morgan fingerprint density at radius 1 is 1.33 bits per heavy atom. The molecule has 3 N–H and O–H groups in total. The maximum absolute atomic E-state index is 12.2. The van der Waals surface area contributed by atoms with Crippen LogP contribution < -0.4 is 11.1 Å². The molecular weight excluding hydrogens is 335 g/mol. The lowest BCUT2D eigenvalue weighted by atomic mass is 10.2. The van der Waals surface area contributed by atoms with Crippen LogP contribution in [0.1, 0.15) is 20.0 Å². The molecule has 0 bridgehead atoms. The number of methoxy groups -OCH3 is 1. The van der Waals surface area contributed by atoms with Crippen molar-refractivity contribution in [2.45, 2.75) is 0 Å². The van der Waals surface area contributed by atoms with E-state index in [1.54, 1.807) is 11.4 Å². The maximum atomic E-state index is 12.2. The number of carbonyl (C=O) groups is 2. The average molecular weight is 345 g/mol. The number of ether oxygens (including phenoxy) is 1. The summed E-state index contributed by atoms with van der Waals surface area (Å²) in [6.07, 6.45) is 0. The lowest BCUT2D eigenvalue weighted by molar-refractivity contribution is 0.0607. The number of anilines is 2. The number of thiophene rings is 1. The van der Waals surface area contributed by atoms with Crippen LogP contribution in [0.5, 0.6) is 0 Å². The minimum absolute atomic E-state index is 0.181. The number of hydrogen-bond acceptors (Lipinski definition) is 5. The Morgan fingerprint density at radius 2 is 2.05 bits per heavy atom. The fraction of sp³-hybridized carbons (Fsp3) is 0.0769. The first-order valence-corrected chi connectivity index (χ1v) is 7.29. The first kappa shape index (κ1) is 15.6. The average Bonchev–Trinajstić information content (AvgIpc) is 2.91. The van der Waals surface area contributed by atoms with Gasteiger partial charge in [0, 0.05) is 5.56 Å². The van der Waals surface area contributed by atoms with Gasteiger partial charge in [0.15, 0.2) is 0 Å². The molecule has 0 aliphatic heterocycles. The lowest BCUT2D eigenvalue weighted by Gasteiger charge is -2.08. The number of nitrogens with two attached hydrogens (primary N) is 1. The normalized spacial score (nSPS) is 10.2. The molecule has 2 aromatic rings. The van der Waals surface area contributed by atoms with Gasteiger partial charge in [0.2, 0.25) is 0 Å². The van der Waals surface area contributed by atoms with Crippen LogP contribution in [-0.2, 0) is 4.74 Å². The molecule has 110 valence electrons. The van der Waals surface area contributed by atoms with Crippen molar-refractivity contribution < 1.29 is 14.3 Å². The van der Waals surface area contributed by atoms with Gasteiger partial charge >= 0.3 is 5.97 Å². The summed E-state index contributed by atoms with van der Waals surface area (Å²) in [6.45, 7) is 0. The van der Waals surface area contributed by atoms with Gasteiger partial charge < -0.3 is 15.8 Å². The van der Waals surface area contributed by atoms with Crippen molar-refractivity contribution in [2.24, 2.45) is 0 Å². The first-order chi connectivity index (χ1) is 9.93. The molecule has 1 amide bonds. The van der Waals surface area contributed by atoms with Crippen LogP contribution in [-0.4, -0.2) is 19.0 Å². The van der Waals surface area contributed by atoms with Crippen molar-refractivity contribution in [1.29, 1.82) is 0 Å². The van der Waals surface area contributed by atoms with Gasteiger partial charge in [-0.3, -0.25) is 4.79 Å². The van der Waals surface area contributed by atoms with Gasteiger partial charge in [-0.1, -0.05) is 23.2 Å². The molecule has 0 radical (unpaired) electrons. The SMILES string of the molecule is COC(=O)c1sccc1NC(=O)c1cc(N)c(Cl)c(Cl)c1. The van der Waals surface area contributed by atoms with Crippen LogP contribution in [0.4, 0.5) is 11.4 Å². The third kappa shape index (κ3) is 3.29. The van der Waals surface area contributed by atoms with E-state index in [9.17, 15) is 9.59 Å². The van der Waals surface area contributed by atoms with E-state index in [-0.39, 0.29) is 21.3 Å². The molecule has 0 saturated heterocycles. The summed E-state index contributed by atoms with van der Waals surface area (Å²) in [4.78, 5) is 24.0. The second-order valence-corrected chi connectivity index (χ2v) is 5.67. The van der Waals surface area contributed by atoms with Gasteiger partial charge in [0.25, 0.3) is 5.91 Å². The largest absolute Gasteiger partial charge is 0.465 e. The summed E-state index contributed by atoms with van der Waals surface area (Å²) < 4.78 is 4.64. The predicted molar refractivity (Wildman–Crippen MR) is 84.5 cm³/mol. The zero-order chi connectivity index (χ0) is 15.6. The van der Waals surface area contributed by atoms with E-state index in [1.807, 2.05) is 0 Å². The van der Waals surface area contributed by atoms with Gasteiger partial charge in [-0.05, 0) is 23.6 Å². The highest BCUT2D eigenvalue weighted by atomic mass is 35.5. The third-order valence-corrected chi connectivity index (χ3v) is 4.31. The monoisotopic (exact) mass is 344 g/mol. The molecule has 5 nitrogen and oxygen atoms in total. The third-order valence-electron chi connectivity index (χ3n) is 2.60. The summed E-state index contributed by atoms with van der Waals surface area (Å²) in [6, 6.07) is 4.42. The molecule has 0 spiro atoms. The number of carbonyl (C=O) groups excluding carboxylic acids is 2. The number of amides is 1. The number of nitrogen functional groups attached to an aromatic ring is 1. The molecule has 8 heteroatoms. The minimum atomic E-state index is -0.519. The molecule has 2 rings (SSSR count). The van der Waals surface area contributed by atoms with Crippen molar-refractivity contribution in [3.63, 3.8) is 0 Å². The number of hydrogen-bond donors (Lipinski definition) is 2. The number of nitrogens with one attached hydrogen (secondary N) is 1. The number of esters is 1. The topological polar surface area (TPSA) is 81.4 Å². The summed E-state index contributed by atoms with van der Waals surface area (Å²) in [5.74, 6) is -0.974. The van der Waals surface area contributed by atoms with Gasteiger partial charge in [0.1, 0.15) is 4.88 Å². The fourth-order valence-corrected chi connectivity index (χ4v) is 2.70. The van der Waals surface area contributed by atoms with Crippen molar-refractivity contribution in [1.82, 2.24) is 0 Å².